The lowest BCUT2D eigenvalue weighted by Crippen LogP contribution is -2.29. The summed E-state index contributed by atoms with van der Waals surface area (Å²) in [4.78, 5) is 11.8. The Morgan fingerprint density at radius 3 is 2.83 bits per heavy atom. The smallest absolute Gasteiger partial charge is 0.223 e. The Morgan fingerprint density at radius 1 is 1.56 bits per heavy atom. The number of carbonyl (C=O) groups is 1. The van der Waals surface area contributed by atoms with E-state index in [0.717, 1.165) is 10.9 Å². The molecule has 1 aliphatic rings. The topological polar surface area (TPSA) is 52.9 Å². The van der Waals surface area contributed by atoms with Gasteiger partial charge < -0.3 is 5.32 Å². The van der Waals surface area contributed by atoms with Crippen molar-refractivity contribution in [2.45, 2.75) is 19.3 Å². The summed E-state index contributed by atoms with van der Waals surface area (Å²) in [6.45, 7) is 2.25. The van der Waals surface area contributed by atoms with Crippen molar-refractivity contribution in [1.82, 2.24) is 5.32 Å². The van der Waals surface area contributed by atoms with Crippen molar-refractivity contribution >= 4 is 21.8 Å². The van der Waals surface area contributed by atoms with Gasteiger partial charge in [-0.25, -0.2) is 0 Å². The van der Waals surface area contributed by atoms with Gasteiger partial charge in [0.25, 0.3) is 0 Å². The van der Waals surface area contributed by atoms with E-state index in [0.29, 0.717) is 12.5 Å². The quantitative estimate of drug-likeness (QED) is 0.930. The highest BCUT2D eigenvalue weighted by molar-refractivity contribution is 9.10. The van der Waals surface area contributed by atoms with Crippen LogP contribution in [-0.2, 0) is 4.79 Å². The first kappa shape index (κ1) is 13.1. The van der Waals surface area contributed by atoms with Gasteiger partial charge in [0.2, 0.25) is 5.91 Å². The largest absolute Gasteiger partial charge is 0.355 e. The molecule has 0 saturated heterocycles. The average Bonchev–Trinajstić information content (AvgIpc) is 3.16. The van der Waals surface area contributed by atoms with E-state index >= 15 is 0 Å². The first-order valence-corrected chi connectivity index (χ1v) is 6.84. The van der Waals surface area contributed by atoms with Crippen LogP contribution >= 0.6 is 15.9 Å². The van der Waals surface area contributed by atoms with E-state index < -0.39 is 0 Å². The number of nitrogens with zero attached hydrogens (tertiary/aromatic N) is 1. The summed E-state index contributed by atoms with van der Waals surface area (Å²) < 4.78 is 1.05. The van der Waals surface area contributed by atoms with Gasteiger partial charge in [0.15, 0.2) is 0 Å². The lowest BCUT2D eigenvalue weighted by atomic mass is 10.1. The van der Waals surface area contributed by atoms with E-state index in [1.165, 1.54) is 5.56 Å². The molecule has 94 valence electrons. The summed E-state index contributed by atoms with van der Waals surface area (Å²) in [7, 11) is 0. The van der Waals surface area contributed by atoms with Gasteiger partial charge >= 0.3 is 0 Å². The van der Waals surface area contributed by atoms with Gasteiger partial charge in [0.05, 0.1) is 12.0 Å². The number of hydrogen-bond acceptors (Lipinski definition) is 2. The van der Waals surface area contributed by atoms with Crippen LogP contribution in [0.2, 0.25) is 0 Å². The van der Waals surface area contributed by atoms with Gasteiger partial charge in [-0.2, -0.15) is 5.26 Å². The molecule has 0 spiro atoms. The van der Waals surface area contributed by atoms with Crippen molar-refractivity contribution in [2.24, 2.45) is 11.8 Å². The van der Waals surface area contributed by atoms with Gasteiger partial charge in [-0.1, -0.05) is 28.1 Å². The van der Waals surface area contributed by atoms with Crippen molar-refractivity contribution in [3.8, 4) is 6.07 Å². The Labute approximate surface area is 115 Å². The van der Waals surface area contributed by atoms with Crippen molar-refractivity contribution in [2.75, 3.05) is 6.54 Å². The number of nitriles is 1. The zero-order valence-electron chi connectivity index (χ0n) is 10.2. The maximum absolute atomic E-state index is 11.8. The second-order valence-corrected chi connectivity index (χ2v) is 5.69. The molecule has 1 aliphatic carbocycles. The minimum Gasteiger partial charge on any atom is -0.355 e. The molecule has 1 aromatic carbocycles. The standard InChI is InChI=1S/C14H15BrN2O/c1-9(7-16)8-17-14(18)13-6-12(13)10-2-4-11(15)5-3-10/h2-5,9,12-13H,6,8H2,1H3,(H,17,18). The number of amides is 1. The molecule has 0 heterocycles. The minimum absolute atomic E-state index is 0.0741. The van der Waals surface area contributed by atoms with E-state index in [1.54, 1.807) is 6.92 Å². The summed E-state index contributed by atoms with van der Waals surface area (Å²) >= 11 is 3.40. The van der Waals surface area contributed by atoms with Crippen LogP contribution in [0, 0.1) is 23.2 Å². The number of benzene rings is 1. The fraction of sp³-hybridized carbons (Fsp3) is 0.429. The maximum Gasteiger partial charge on any atom is 0.223 e. The molecule has 3 nitrogen and oxygen atoms in total. The summed E-state index contributed by atoms with van der Waals surface area (Å²) in [5, 5.41) is 11.5. The molecule has 1 saturated carbocycles. The van der Waals surface area contributed by atoms with E-state index in [-0.39, 0.29) is 17.7 Å². The highest BCUT2D eigenvalue weighted by atomic mass is 79.9. The number of carbonyl (C=O) groups excluding carboxylic acids is 1. The third-order valence-corrected chi connectivity index (χ3v) is 3.76. The molecule has 0 radical (unpaired) electrons. The lowest BCUT2D eigenvalue weighted by molar-refractivity contribution is -0.122. The van der Waals surface area contributed by atoms with Crippen LogP contribution in [0.1, 0.15) is 24.8 Å². The molecular weight excluding hydrogens is 292 g/mol. The maximum atomic E-state index is 11.8. The Kier molecular flexibility index (Phi) is 4.03. The van der Waals surface area contributed by atoms with Crippen molar-refractivity contribution in [1.29, 1.82) is 5.26 Å². The molecule has 1 fully saturated rings. The Hall–Kier alpha value is -1.34. The fourth-order valence-electron chi connectivity index (χ4n) is 1.99. The number of rotatable bonds is 4. The van der Waals surface area contributed by atoms with Gasteiger partial charge in [0, 0.05) is 16.9 Å². The monoisotopic (exact) mass is 306 g/mol. The van der Waals surface area contributed by atoms with Crippen LogP contribution in [0.15, 0.2) is 28.7 Å². The molecule has 0 bridgehead atoms. The molecular formula is C14H15BrN2O. The van der Waals surface area contributed by atoms with Crippen LogP contribution in [0.5, 0.6) is 0 Å². The van der Waals surface area contributed by atoms with Crippen LogP contribution in [0.25, 0.3) is 0 Å². The van der Waals surface area contributed by atoms with E-state index in [1.807, 2.05) is 12.1 Å². The number of nitrogens with one attached hydrogen (secondary N) is 1. The highest BCUT2D eigenvalue weighted by Crippen LogP contribution is 2.47. The van der Waals surface area contributed by atoms with Crippen LogP contribution in [0.4, 0.5) is 0 Å². The molecule has 3 atom stereocenters. The molecule has 1 N–H and O–H groups in total. The predicted octanol–water partition coefficient (Wildman–Crippen LogP) is 2.83. The molecule has 18 heavy (non-hydrogen) atoms. The van der Waals surface area contributed by atoms with Crippen LogP contribution < -0.4 is 5.32 Å². The third kappa shape index (κ3) is 3.11. The molecule has 2 rings (SSSR count). The molecule has 0 aliphatic heterocycles. The number of halogens is 1. The zero-order chi connectivity index (χ0) is 13.1. The second kappa shape index (κ2) is 5.53. The van der Waals surface area contributed by atoms with Crippen LogP contribution in [-0.4, -0.2) is 12.5 Å². The Bertz CT molecular complexity index is 478. The predicted molar refractivity (Wildman–Crippen MR) is 72.8 cm³/mol. The summed E-state index contributed by atoms with van der Waals surface area (Å²) in [6, 6.07) is 10.2. The first-order valence-electron chi connectivity index (χ1n) is 6.04. The zero-order valence-corrected chi connectivity index (χ0v) is 11.8. The Balaban J connectivity index is 1.85. The highest BCUT2D eigenvalue weighted by Gasteiger charge is 2.43. The molecule has 3 unspecified atom stereocenters. The molecule has 1 amide bonds. The second-order valence-electron chi connectivity index (χ2n) is 4.78. The minimum atomic E-state index is -0.126. The van der Waals surface area contributed by atoms with Gasteiger partial charge in [-0.3, -0.25) is 4.79 Å². The third-order valence-electron chi connectivity index (χ3n) is 3.23. The summed E-state index contributed by atoms with van der Waals surface area (Å²) in [6.07, 6.45) is 0.911. The lowest BCUT2D eigenvalue weighted by Gasteiger charge is -2.06. The van der Waals surface area contributed by atoms with Crippen LogP contribution in [0.3, 0.4) is 0 Å². The van der Waals surface area contributed by atoms with E-state index in [4.69, 9.17) is 5.26 Å². The normalized spacial score (nSPS) is 22.9. The fourth-order valence-corrected chi connectivity index (χ4v) is 2.26. The van der Waals surface area contributed by atoms with Crippen molar-refractivity contribution < 1.29 is 4.79 Å². The Morgan fingerprint density at radius 2 is 2.22 bits per heavy atom. The van der Waals surface area contributed by atoms with E-state index in [9.17, 15) is 4.79 Å². The SMILES string of the molecule is CC(C#N)CNC(=O)C1CC1c1ccc(Br)cc1. The summed E-state index contributed by atoms with van der Waals surface area (Å²) in [5.74, 6) is 0.372. The van der Waals surface area contributed by atoms with Gasteiger partial charge in [-0.05, 0) is 37.0 Å². The van der Waals surface area contributed by atoms with Crippen molar-refractivity contribution in [3.63, 3.8) is 0 Å². The van der Waals surface area contributed by atoms with Gasteiger partial charge in [-0.15, -0.1) is 0 Å². The molecule has 1 aromatic rings. The molecule has 4 heteroatoms. The van der Waals surface area contributed by atoms with Crippen molar-refractivity contribution in [3.05, 3.63) is 34.3 Å². The average molecular weight is 307 g/mol. The first-order chi connectivity index (χ1) is 8.61. The summed E-state index contributed by atoms with van der Waals surface area (Å²) in [5.41, 5.74) is 1.21. The molecule has 0 aromatic heterocycles. The van der Waals surface area contributed by atoms with E-state index in [2.05, 4.69) is 39.4 Å². The van der Waals surface area contributed by atoms with Gasteiger partial charge in [0.1, 0.15) is 0 Å². The number of hydrogen-bond donors (Lipinski definition) is 1.